The Labute approximate surface area is 146 Å². The van der Waals surface area contributed by atoms with Crippen LogP contribution < -0.4 is 10.2 Å². The SMILES string of the molecule is Cc1cccc(CNC(C)CN2CCN(c3ccccc3)CC2)c1. The van der Waals surface area contributed by atoms with E-state index in [2.05, 4.69) is 83.6 Å². The molecule has 1 aliphatic heterocycles. The lowest BCUT2D eigenvalue weighted by Gasteiger charge is -2.37. The third-order valence-corrected chi connectivity index (χ3v) is 4.76. The van der Waals surface area contributed by atoms with Crippen LogP contribution in [0.3, 0.4) is 0 Å². The van der Waals surface area contributed by atoms with E-state index < -0.39 is 0 Å². The molecule has 1 heterocycles. The highest BCUT2D eigenvalue weighted by molar-refractivity contribution is 5.46. The maximum Gasteiger partial charge on any atom is 0.0367 e. The molecule has 0 aliphatic carbocycles. The number of benzene rings is 2. The van der Waals surface area contributed by atoms with Crippen molar-refractivity contribution in [3.05, 3.63) is 65.7 Å². The third-order valence-electron chi connectivity index (χ3n) is 4.76. The lowest BCUT2D eigenvalue weighted by atomic mass is 10.1. The van der Waals surface area contributed by atoms with Gasteiger partial charge in [0.25, 0.3) is 0 Å². The predicted molar refractivity (Wildman–Crippen MR) is 103 cm³/mol. The van der Waals surface area contributed by atoms with E-state index >= 15 is 0 Å². The summed E-state index contributed by atoms with van der Waals surface area (Å²) in [5, 5.41) is 3.66. The van der Waals surface area contributed by atoms with Gasteiger partial charge in [-0.25, -0.2) is 0 Å². The zero-order chi connectivity index (χ0) is 16.8. The topological polar surface area (TPSA) is 18.5 Å². The van der Waals surface area contributed by atoms with Crippen LogP contribution in [0, 0.1) is 6.92 Å². The monoisotopic (exact) mass is 323 g/mol. The highest BCUT2D eigenvalue weighted by Crippen LogP contribution is 2.15. The zero-order valence-electron chi connectivity index (χ0n) is 14.9. The summed E-state index contributed by atoms with van der Waals surface area (Å²) in [4.78, 5) is 5.06. The normalized spacial score (nSPS) is 17.0. The first-order chi connectivity index (χ1) is 11.7. The van der Waals surface area contributed by atoms with Crippen LogP contribution in [0.25, 0.3) is 0 Å². The number of nitrogens with zero attached hydrogens (tertiary/aromatic N) is 2. The Balaban J connectivity index is 1.41. The summed E-state index contributed by atoms with van der Waals surface area (Å²) in [7, 11) is 0. The van der Waals surface area contributed by atoms with Crippen molar-refractivity contribution in [1.82, 2.24) is 10.2 Å². The van der Waals surface area contributed by atoms with Crippen molar-refractivity contribution in [3.63, 3.8) is 0 Å². The maximum atomic E-state index is 3.66. The second kappa shape index (κ2) is 8.32. The van der Waals surface area contributed by atoms with Crippen LogP contribution in [-0.4, -0.2) is 43.7 Å². The predicted octanol–water partition coefficient (Wildman–Crippen LogP) is 3.30. The van der Waals surface area contributed by atoms with Gasteiger partial charge < -0.3 is 10.2 Å². The second-order valence-electron chi connectivity index (χ2n) is 6.89. The van der Waals surface area contributed by atoms with Gasteiger partial charge in [0.05, 0.1) is 0 Å². The molecule has 24 heavy (non-hydrogen) atoms. The summed E-state index contributed by atoms with van der Waals surface area (Å²) < 4.78 is 0. The van der Waals surface area contributed by atoms with Crippen molar-refractivity contribution < 1.29 is 0 Å². The minimum absolute atomic E-state index is 0.508. The fourth-order valence-electron chi connectivity index (χ4n) is 3.39. The molecule has 1 saturated heterocycles. The number of rotatable bonds is 6. The third kappa shape index (κ3) is 4.83. The van der Waals surface area contributed by atoms with E-state index in [0.717, 1.165) is 39.3 Å². The molecule has 2 aromatic carbocycles. The first-order valence-corrected chi connectivity index (χ1v) is 9.02. The van der Waals surface area contributed by atoms with E-state index in [4.69, 9.17) is 0 Å². The van der Waals surface area contributed by atoms with Crippen LogP contribution in [0.1, 0.15) is 18.1 Å². The molecule has 1 aliphatic rings. The molecule has 0 aromatic heterocycles. The molecule has 0 amide bonds. The molecule has 3 heteroatoms. The number of para-hydroxylation sites is 1. The standard InChI is InChI=1S/C21H29N3/c1-18-7-6-8-20(15-18)16-22-19(2)17-23-11-13-24(14-12-23)21-9-4-3-5-10-21/h3-10,15,19,22H,11-14,16-17H2,1-2H3. The van der Waals surface area contributed by atoms with Crippen LogP contribution in [-0.2, 0) is 6.54 Å². The van der Waals surface area contributed by atoms with Crippen molar-refractivity contribution in [2.45, 2.75) is 26.4 Å². The van der Waals surface area contributed by atoms with E-state index in [0.29, 0.717) is 6.04 Å². The number of aryl methyl sites for hydroxylation is 1. The molecular formula is C21H29N3. The van der Waals surface area contributed by atoms with Gasteiger partial charge in [0.1, 0.15) is 0 Å². The molecule has 1 N–H and O–H groups in total. The molecule has 1 atom stereocenters. The van der Waals surface area contributed by atoms with Gasteiger partial charge in [-0.3, -0.25) is 4.90 Å². The van der Waals surface area contributed by atoms with Crippen LogP contribution in [0.15, 0.2) is 54.6 Å². The highest BCUT2D eigenvalue weighted by atomic mass is 15.3. The smallest absolute Gasteiger partial charge is 0.0367 e. The zero-order valence-corrected chi connectivity index (χ0v) is 14.9. The summed E-state index contributed by atoms with van der Waals surface area (Å²) in [6.45, 7) is 11.0. The quantitative estimate of drug-likeness (QED) is 0.880. The van der Waals surface area contributed by atoms with Crippen LogP contribution in [0.4, 0.5) is 5.69 Å². The van der Waals surface area contributed by atoms with Crippen molar-refractivity contribution in [1.29, 1.82) is 0 Å². The number of hydrogen-bond donors (Lipinski definition) is 1. The molecule has 3 nitrogen and oxygen atoms in total. The molecular weight excluding hydrogens is 294 g/mol. The van der Waals surface area contributed by atoms with Gasteiger partial charge in [0, 0.05) is 51.0 Å². The Morgan fingerprint density at radius 1 is 0.958 bits per heavy atom. The van der Waals surface area contributed by atoms with Crippen molar-refractivity contribution in [2.24, 2.45) is 0 Å². The van der Waals surface area contributed by atoms with Gasteiger partial charge in [0.15, 0.2) is 0 Å². The Bertz CT molecular complexity index is 618. The van der Waals surface area contributed by atoms with Gasteiger partial charge >= 0.3 is 0 Å². The van der Waals surface area contributed by atoms with Gasteiger partial charge in [-0.05, 0) is 31.5 Å². The van der Waals surface area contributed by atoms with E-state index in [9.17, 15) is 0 Å². The lowest BCUT2D eigenvalue weighted by molar-refractivity contribution is 0.233. The lowest BCUT2D eigenvalue weighted by Crippen LogP contribution is -2.50. The molecule has 1 unspecified atom stereocenters. The van der Waals surface area contributed by atoms with Crippen LogP contribution >= 0.6 is 0 Å². The van der Waals surface area contributed by atoms with Crippen molar-refractivity contribution in [2.75, 3.05) is 37.6 Å². The van der Waals surface area contributed by atoms with Gasteiger partial charge in [0.2, 0.25) is 0 Å². The molecule has 2 aromatic rings. The van der Waals surface area contributed by atoms with Gasteiger partial charge in [-0.1, -0.05) is 48.0 Å². The molecule has 0 spiro atoms. The molecule has 0 saturated carbocycles. The maximum absolute atomic E-state index is 3.66. The Morgan fingerprint density at radius 2 is 1.71 bits per heavy atom. The average Bonchev–Trinajstić information content (AvgIpc) is 2.61. The minimum atomic E-state index is 0.508. The Kier molecular flexibility index (Phi) is 5.89. The van der Waals surface area contributed by atoms with Gasteiger partial charge in [-0.15, -0.1) is 0 Å². The van der Waals surface area contributed by atoms with Gasteiger partial charge in [-0.2, -0.15) is 0 Å². The van der Waals surface area contributed by atoms with E-state index in [1.54, 1.807) is 0 Å². The average molecular weight is 323 g/mol. The Morgan fingerprint density at radius 3 is 2.42 bits per heavy atom. The second-order valence-corrected chi connectivity index (χ2v) is 6.89. The minimum Gasteiger partial charge on any atom is -0.369 e. The largest absolute Gasteiger partial charge is 0.369 e. The number of hydrogen-bond acceptors (Lipinski definition) is 3. The van der Waals surface area contributed by atoms with E-state index in [-0.39, 0.29) is 0 Å². The molecule has 3 rings (SSSR count). The Hall–Kier alpha value is -1.84. The summed E-state index contributed by atoms with van der Waals surface area (Å²) in [6.07, 6.45) is 0. The fraction of sp³-hybridized carbons (Fsp3) is 0.429. The molecule has 0 radical (unpaired) electrons. The number of piperazine rings is 1. The van der Waals surface area contributed by atoms with E-state index in [1.165, 1.54) is 16.8 Å². The number of anilines is 1. The molecule has 1 fully saturated rings. The van der Waals surface area contributed by atoms with Crippen molar-refractivity contribution >= 4 is 5.69 Å². The summed E-state index contributed by atoms with van der Waals surface area (Å²) in [5.74, 6) is 0. The molecule has 0 bridgehead atoms. The first-order valence-electron chi connectivity index (χ1n) is 9.02. The summed E-state index contributed by atoms with van der Waals surface area (Å²) in [5.41, 5.74) is 4.05. The van der Waals surface area contributed by atoms with E-state index in [1.807, 2.05) is 0 Å². The number of nitrogens with one attached hydrogen (secondary N) is 1. The van der Waals surface area contributed by atoms with Crippen LogP contribution in [0.2, 0.25) is 0 Å². The summed E-state index contributed by atoms with van der Waals surface area (Å²) in [6, 6.07) is 20.0. The summed E-state index contributed by atoms with van der Waals surface area (Å²) >= 11 is 0. The van der Waals surface area contributed by atoms with Crippen LogP contribution in [0.5, 0.6) is 0 Å². The highest BCUT2D eigenvalue weighted by Gasteiger charge is 2.18. The fourth-order valence-corrected chi connectivity index (χ4v) is 3.39. The molecule has 128 valence electrons. The first kappa shape index (κ1) is 17.0. The van der Waals surface area contributed by atoms with Crippen molar-refractivity contribution in [3.8, 4) is 0 Å².